The summed E-state index contributed by atoms with van der Waals surface area (Å²) in [5.74, 6) is 0. The average molecular weight is 623 g/mol. The molecule has 0 N–H and O–H groups in total. The topological polar surface area (TPSA) is 13.1 Å². The summed E-state index contributed by atoms with van der Waals surface area (Å²) >= 11 is 0. The van der Waals surface area contributed by atoms with E-state index in [0.717, 1.165) is 21.9 Å². The first-order chi connectivity index (χ1) is 24.3. The van der Waals surface area contributed by atoms with E-state index in [2.05, 4.69) is 182 Å². The van der Waals surface area contributed by atoms with Gasteiger partial charge in [0.25, 0.3) is 0 Å². The van der Waals surface area contributed by atoms with Crippen LogP contribution in [0.5, 0.6) is 0 Å². The van der Waals surface area contributed by atoms with Gasteiger partial charge in [0.1, 0.15) is 11.2 Å². The van der Waals surface area contributed by atoms with E-state index in [9.17, 15) is 0 Å². The number of hydrogen-bond donors (Lipinski definition) is 0. The molecule has 0 unspecified atom stereocenters. The minimum atomic E-state index is 0.909. The molecule has 1 heterocycles. The molecule has 0 saturated heterocycles. The van der Waals surface area contributed by atoms with Gasteiger partial charge in [-0.3, -0.25) is 0 Å². The molecule has 10 aromatic rings. The van der Waals surface area contributed by atoms with E-state index in [4.69, 9.17) is 4.42 Å². The Morgan fingerprint density at radius 2 is 0.796 bits per heavy atom. The number of rotatable bonds is 4. The molecule has 0 aliphatic rings. The molecule has 1 aromatic heterocycles. The van der Waals surface area contributed by atoms with Gasteiger partial charge in [0.2, 0.25) is 0 Å². The third-order valence-electron chi connectivity index (χ3n) is 10.0. The zero-order chi connectivity index (χ0) is 32.3. The second kappa shape index (κ2) is 11.1. The lowest BCUT2D eigenvalue weighted by Crippen LogP contribution is -1.91. The number of benzene rings is 9. The lowest BCUT2D eigenvalue weighted by Gasteiger charge is -2.18. The molecule has 0 bridgehead atoms. The normalized spacial score (nSPS) is 11.7. The molecule has 49 heavy (non-hydrogen) atoms. The second-order valence-corrected chi connectivity index (χ2v) is 12.8. The van der Waals surface area contributed by atoms with Gasteiger partial charge in [0.05, 0.1) is 0 Å². The fourth-order valence-electron chi connectivity index (χ4n) is 7.80. The molecule has 1 nitrogen and oxygen atoms in total. The first-order valence-corrected chi connectivity index (χ1v) is 16.8. The van der Waals surface area contributed by atoms with E-state index in [1.165, 1.54) is 76.8 Å². The molecule has 0 amide bonds. The number of fused-ring (bicyclic) bond motifs is 6. The van der Waals surface area contributed by atoms with Crippen molar-refractivity contribution in [3.63, 3.8) is 0 Å². The highest BCUT2D eigenvalue weighted by Crippen LogP contribution is 2.45. The Morgan fingerprint density at radius 1 is 0.286 bits per heavy atom. The highest BCUT2D eigenvalue weighted by atomic mass is 16.3. The third-order valence-corrected chi connectivity index (χ3v) is 10.0. The third kappa shape index (κ3) is 4.47. The predicted octanol–water partition coefficient (Wildman–Crippen LogP) is 13.7. The van der Waals surface area contributed by atoms with Gasteiger partial charge in [-0.1, -0.05) is 158 Å². The van der Waals surface area contributed by atoms with Crippen LogP contribution in [-0.2, 0) is 0 Å². The van der Waals surface area contributed by atoms with Gasteiger partial charge in [-0.2, -0.15) is 0 Å². The van der Waals surface area contributed by atoms with Crippen molar-refractivity contribution < 1.29 is 4.42 Å². The molecule has 0 spiro atoms. The van der Waals surface area contributed by atoms with E-state index in [0.29, 0.717) is 0 Å². The Labute approximate surface area is 284 Å². The molecule has 0 aliphatic heterocycles. The first-order valence-electron chi connectivity index (χ1n) is 16.8. The first kappa shape index (κ1) is 27.7. The van der Waals surface area contributed by atoms with Crippen molar-refractivity contribution in [2.75, 3.05) is 0 Å². The lowest BCUT2D eigenvalue weighted by atomic mass is 9.85. The predicted molar refractivity (Wildman–Crippen MR) is 208 cm³/mol. The zero-order valence-electron chi connectivity index (χ0n) is 26.7. The standard InChI is InChI=1S/C48H30O/c1-2-12-31(13-3-1)32-24-26-33(27-25-32)46-39-18-6-8-20-41(39)47(42-21-9-7-19-40(42)46)37-17-10-16-36(28-37)38-22-11-23-44-48(38)43-29-34-14-4-5-15-35(34)30-45(43)49-44/h1-30H. The van der Waals surface area contributed by atoms with Gasteiger partial charge < -0.3 is 4.42 Å². The van der Waals surface area contributed by atoms with Crippen LogP contribution in [0.15, 0.2) is 186 Å². The maximum Gasteiger partial charge on any atom is 0.136 e. The minimum Gasteiger partial charge on any atom is -0.456 e. The molecule has 10 rings (SSSR count). The summed E-state index contributed by atoms with van der Waals surface area (Å²) < 4.78 is 6.44. The fraction of sp³-hybridized carbons (Fsp3) is 0. The Morgan fingerprint density at radius 3 is 1.49 bits per heavy atom. The quantitative estimate of drug-likeness (QED) is 0.178. The van der Waals surface area contributed by atoms with Crippen LogP contribution in [0.2, 0.25) is 0 Å². The molecular formula is C48H30O. The maximum atomic E-state index is 6.44. The van der Waals surface area contributed by atoms with Crippen molar-refractivity contribution in [1.82, 2.24) is 0 Å². The lowest BCUT2D eigenvalue weighted by molar-refractivity contribution is 0.669. The van der Waals surface area contributed by atoms with Crippen LogP contribution < -0.4 is 0 Å². The summed E-state index contributed by atoms with van der Waals surface area (Å²) in [6.07, 6.45) is 0. The Bertz CT molecular complexity index is 2800. The summed E-state index contributed by atoms with van der Waals surface area (Å²) in [5.41, 5.74) is 11.6. The summed E-state index contributed by atoms with van der Waals surface area (Å²) in [6, 6.07) is 65.8. The maximum absolute atomic E-state index is 6.44. The summed E-state index contributed by atoms with van der Waals surface area (Å²) in [7, 11) is 0. The Kier molecular flexibility index (Phi) is 6.25. The highest BCUT2D eigenvalue weighted by molar-refractivity contribution is 6.22. The van der Waals surface area contributed by atoms with E-state index in [-0.39, 0.29) is 0 Å². The van der Waals surface area contributed by atoms with Gasteiger partial charge in [0, 0.05) is 10.8 Å². The Hall–Kier alpha value is -6.44. The van der Waals surface area contributed by atoms with Gasteiger partial charge >= 0.3 is 0 Å². The van der Waals surface area contributed by atoms with Crippen molar-refractivity contribution in [1.29, 1.82) is 0 Å². The highest BCUT2D eigenvalue weighted by Gasteiger charge is 2.18. The number of hydrogen-bond acceptors (Lipinski definition) is 1. The van der Waals surface area contributed by atoms with Crippen LogP contribution in [-0.4, -0.2) is 0 Å². The summed E-state index contributed by atoms with van der Waals surface area (Å²) in [4.78, 5) is 0. The van der Waals surface area contributed by atoms with Crippen LogP contribution in [0.1, 0.15) is 0 Å². The van der Waals surface area contributed by atoms with E-state index >= 15 is 0 Å². The molecule has 1 heteroatoms. The molecule has 0 radical (unpaired) electrons. The minimum absolute atomic E-state index is 0.909. The van der Waals surface area contributed by atoms with Gasteiger partial charge in [-0.05, 0) is 101 Å². The smallest absolute Gasteiger partial charge is 0.136 e. The van der Waals surface area contributed by atoms with E-state index in [1.54, 1.807) is 0 Å². The number of furan rings is 1. The fourth-order valence-corrected chi connectivity index (χ4v) is 7.80. The van der Waals surface area contributed by atoms with Crippen LogP contribution in [0.25, 0.3) is 98.8 Å². The molecule has 0 atom stereocenters. The van der Waals surface area contributed by atoms with Crippen molar-refractivity contribution in [2.45, 2.75) is 0 Å². The second-order valence-electron chi connectivity index (χ2n) is 12.8. The van der Waals surface area contributed by atoms with Gasteiger partial charge in [-0.15, -0.1) is 0 Å². The van der Waals surface area contributed by atoms with Crippen molar-refractivity contribution >= 4 is 54.3 Å². The molecule has 0 fully saturated rings. The van der Waals surface area contributed by atoms with Gasteiger partial charge in [0.15, 0.2) is 0 Å². The monoisotopic (exact) mass is 622 g/mol. The van der Waals surface area contributed by atoms with Crippen molar-refractivity contribution in [3.05, 3.63) is 182 Å². The van der Waals surface area contributed by atoms with Gasteiger partial charge in [-0.25, -0.2) is 0 Å². The van der Waals surface area contributed by atoms with Crippen molar-refractivity contribution in [2.24, 2.45) is 0 Å². The summed E-state index contributed by atoms with van der Waals surface area (Å²) in [5, 5.41) is 9.71. The molecule has 0 aliphatic carbocycles. The van der Waals surface area contributed by atoms with Crippen LogP contribution >= 0.6 is 0 Å². The summed E-state index contributed by atoms with van der Waals surface area (Å²) in [6.45, 7) is 0. The molecule has 9 aromatic carbocycles. The van der Waals surface area contributed by atoms with Crippen LogP contribution in [0.4, 0.5) is 0 Å². The van der Waals surface area contributed by atoms with Crippen LogP contribution in [0, 0.1) is 0 Å². The largest absolute Gasteiger partial charge is 0.456 e. The SMILES string of the molecule is c1ccc(-c2ccc(-c3c4ccccc4c(-c4cccc(-c5cccc6oc7cc8ccccc8cc7c56)c4)c4ccccc34)cc2)cc1. The van der Waals surface area contributed by atoms with E-state index in [1.807, 2.05) is 0 Å². The van der Waals surface area contributed by atoms with E-state index < -0.39 is 0 Å². The average Bonchev–Trinajstić information content (AvgIpc) is 3.54. The molecule has 228 valence electrons. The molecule has 0 saturated carbocycles. The molecular weight excluding hydrogens is 593 g/mol. The zero-order valence-corrected chi connectivity index (χ0v) is 26.7. The van der Waals surface area contributed by atoms with Crippen LogP contribution in [0.3, 0.4) is 0 Å². The van der Waals surface area contributed by atoms with Crippen molar-refractivity contribution in [3.8, 4) is 44.5 Å². The Balaban J connectivity index is 1.18.